The molecule has 2 aromatic rings. The van der Waals surface area contributed by atoms with Crippen LogP contribution in [0.5, 0.6) is 11.5 Å². The maximum atomic E-state index is 12.7. The number of nitrogens with zero attached hydrogens (tertiary/aromatic N) is 5. The first-order chi connectivity index (χ1) is 14.5. The molecule has 9 nitrogen and oxygen atoms in total. The lowest BCUT2D eigenvalue weighted by atomic mass is 9.93. The summed E-state index contributed by atoms with van der Waals surface area (Å²) < 4.78 is 13.4. The summed E-state index contributed by atoms with van der Waals surface area (Å²) in [5, 5.41) is 4.02. The largest absolute Gasteiger partial charge is 0.497 e. The van der Waals surface area contributed by atoms with Crippen LogP contribution in [0.4, 0.5) is 0 Å². The van der Waals surface area contributed by atoms with E-state index in [-0.39, 0.29) is 18.4 Å². The molecule has 1 fully saturated rings. The number of amides is 2. The van der Waals surface area contributed by atoms with Crippen molar-refractivity contribution < 1.29 is 19.1 Å². The van der Waals surface area contributed by atoms with E-state index in [0.717, 1.165) is 29.9 Å². The van der Waals surface area contributed by atoms with E-state index in [2.05, 4.69) is 10.1 Å². The zero-order valence-electron chi connectivity index (χ0n) is 17.4. The van der Waals surface area contributed by atoms with Gasteiger partial charge in [-0.25, -0.2) is 9.67 Å². The number of hydrogen-bond donors (Lipinski definition) is 0. The van der Waals surface area contributed by atoms with Crippen molar-refractivity contribution in [1.82, 2.24) is 24.6 Å². The third kappa shape index (κ3) is 4.24. The van der Waals surface area contributed by atoms with Crippen LogP contribution >= 0.6 is 0 Å². The lowest BCUT2D eigenvalue weighted by Crippen LogP contribution is -2.48. The number of methoxy groups -OCH3 is 1. The molecule has 0 radical (unpaired) electrons. The number of hydrogen-bond acceptors (Lipinski definition) is 6. The molecule has 0 bridgehead atoms. The van der Waals surface area contributed by atoms with E-state index in [9.17, 15) is 9.59 Å². The van der Waals surface area contributed by atoms with Crippen LogP contribution in [-0.2, 0) is 22.7 Å². The molecule has 0 aliphatic carbocycles. The highest BCUT2D eigenvalue weighted by atomic mass is 16.5. The SMILES string of the molecule is COc1ccc2c(c1)CN(C(C)=O)CC1(CCCN(C(=O)Cn3cncn3)CC1)O2. The number of fused-ring (bicyclic) bond motifs is 1. The second-order valence-electron chi connectivity index (χ2n) is 7.96. The number of benzene rings is 1. The van der Waals surface area contributed by atoms with Crippen molar-refractivity contribution in [2.45, 2.75) is 44.9 Å². The Bertz CT molecular complexity index is 916. The Morgan fingerprint density at radius 1 is 1.23 bits per heavy atom. The number of carbonyl (C=O) groups is 2. The molecule has 9 heteroatoms. The van der Waals surface area contributed by atoms with Crippen molar-refractivity contribution >= 4 is 11.8 Å². The maximum Gasteiger partial charge on any atom is 0.244 e. The van der Waals surface area contributed by atoms with Crippen LogP contribution < -0.4 is 9.47 Å². The number of ether oxygens (including phenoxy) is 2. The Morgan fingerprint density at radius 3 is 2.83 bits per heavy atom. The highest BCUT2D eigenvalue weighted by Crippen LogP contribution is 2.37. The van der Waals surface area contributed by atoms with Gasteiger partial charge in [0.25, 0.3) is 0 Å². The Kier molecular flexibility index (Phi) is 5.61. The van der Waals surface area contributed by atoms with E-state index < -0.39 is 5.60 Å². The molecule has 2 amide bonds. The van der Waals surface area contributed by atoms with Crippen molar-refractivity contribution in [3.8, 4) is 11.5 Å². The molecule has 0 N–H and O–H groups in total. The highest BCUT2D eigenvalue weighted by Gasteiger charge is 2.40. The maximum absolute atomic E-state index is 12.7. The van der Waals surface area contributed by atoms with Gasteiger partial charge in [0.2, 0.25) is 11.8 Å². The molecule has 1 saturated heterocycles. The third-order valence-corrected chi connectivity index (χ3v) is 5.89. The Labute approximate surface area is 175 Å². The minimum Gasteiger partial charge on any atom is -0.497 e. The van der Waals surface area contributed by atoms with Crippen LogP contribution in [0.2, 0.25) is 0 Å². The van der Waals surface area contributed by atoms with Crippen LogP contribution in [0.25, 0.3) is 0 Å². The van der Waals surface area contributed by atoms with Crippen molar-refractivity contribution in [3.05, 3.63) is 36.4 Å². The van der Waals surface area contributed by atoms with Gasteiger partial charge in [0.1, 0.15) is 36.3 Å². The first-order valence-electron chi connectivity index (χ1n) is 10.2. The molecule has 30 heavy (non-hydrogen) atoms. The Hall–Kier alpha value is -3.10. The van der Waals surface area contributed by atoms with Gasteiger partial charge >= 0.3 is 0 Å². The molecule has 1 aromatic carbocycles. The van der Waals surface area contributed by atoms with Gasteiger partial charge in [-0.05, 0) is 31.0 Å². The molecule has 3 heterocycles. The predicted octanol–water partition coefficient (Wildman–Crippen LogP) is 1.48. The highest BCUT2D eigenvalue weighted by molar-refractivity contribution is 5.76. The topological polar surface area (TPSA) is 89.8 Å². The summed E-state index contributed by atoms with van der Waals surface area (Å²) in [6.45, 7) is 3.99. The minimum absolute atomic E-state index is 0.0111. The van der Waals surface area contributed by atoms with Crippen LogP contribution in [-0.4, -0.2) is 68.7 Å². The summed E-state index contributed by atoms with van der Waals surface area (Å²) in [5.41, 5.74) is 0.415. The van der Waals surface area contributed by atoms with Gasteiger partial charge in [-0.1, -0.05) is 0 Å². The smallest absolute Gasteiger partial charge is 0.244 e. The molecular weight excluding hydrogens is 386 g/mol. The van der Waals surface area contributed by atoms with E-state index in [1.54, 1.807) is 20.4 Å². The molecule has 1 atom stereocenters. The number of carbonyl (C=O) groups excluding carboxylic acids is 2. The summed E-state index contributed by atoms with van der Waals surface area (Å²) in [7, 11) is 1.62. The first kappa shape index (κ1) is 20.2. The van der Waals surface area contributed by atoms with Crippen molar-refractivity contribution in [2.24, 2.45) is 0 Å². The molecule has 1 spiro atoms. The van der Waals surface area contributed by atoms with Crippen LogP contribution in [0.3, 0.4) is 0 Å². The van der Waals surface area contributed by atoms with Crippen molar-refractivity contribution in [1.29, 1.82) is 0 Å². The minimum atomic E-state index is -0.520. The molecular formula is C21H27N5O4. The van der Waals surface area contributed by atoms with Crippen LogP contribution in [0, 0.1) is 0 Å². The standard InChI is InChI=1S/C21H27N5O4/c1-16(27)25-11-17-10-18(29-2)4-5-19(17)30-21(13-25)6-3-8-24(9-7-21)20(28)12-26-15-22-14-23-26/h4-5,10,14-15H,3,6-9,11-13H2,1-2H3. The van der Waals surface area contributed by atoms with E-state index in [1.165, 1.54) is 11.0 Å². The summed E-state index contributed by atoms with van der Waals surface area (Å²) >= 11 is 0. The van der Waals surface area contributed by atoms with E-state index >= 15 is 0 Å². The van der Waals surface area contributed by atoms with Crippen molar-refractivity contribution in [3.63, 3.8) is 0 Å². The summed E-state index contributed by atoms with van der Waals surface area (Å²) in [6, 6.07) is 5.72. The molecule has 4 rings (SSSR count). The van der Waals surface area contributed by atoms with E-state index in [1.807, 2.05) is 28.0 Å². The van der Waals surface area contributed by atoms with Gasteiger partial charge in [-0.2, -0.15) is 5.10 Å². The molecule has 2 aliphatic heterocycles. The number of likely N-dealkylation sites (tertiary alicyclic amines) is 1. The number of rotatable bonds is 3. The predicted molar refractivity (Wildman–Crippen MR) is 108 cm³/mol. The number of aromatic nitrogens is 3. The van der Waals surface area contributed by atoms with Gasteiger partial charge in [0.15, 0.2) is 0 Å². The van der Waals surface area contributed by atoms with E-state index in [0.29, 0.717) is 32.6 Å². The monoisotopic (exact) mass is 413 g/mol. The van der Waals surface area contributed by atoms with Gasteiger partial charge in [0, 0.05) is 38.5 Å². The van der Waals surface area contributed by atoms with Gasteiger partial charge in [-0.15, -0.1) is 0 Å². The quantitative estimate of drug-likeness (QED) is 0.757. The second-order valence-corrected chi connectivity index (χ2v) is 7.96. The average Bonchev–Trinajstić information content (AvgIpc) is 3.07. The summed E-state index contributed by atoms with van der Waals surface area (Å²) in [5.74, 6) is 1.54. The lowest BCUT2D eigenvalue weighted by Gasteiger charge is -2.35. The fourth-order valence-electron chi connectivity index (χ4n) is 4.23. The molecule has 0 saturated carbocycles. The summed E-state index contributed by atoms with van der Waals surface area (Å²) in [6.07, 6.45) is 5.20. The Morgan fingerprint density at radius 2 is 2.10 bits per heavy atom. The van der Waals surface area contributed by atoms with Gasteiger partial charge in [-0.3, -0.25) is 9.59 Å². The normalized spacial score (nSPS) is 21.4. The first-order valence-corrected chi connectivity index (χ1v) is 10.2. The second kappa shape index (κ2) is 8.33. The Balaban J connectivity index is 1.54. The molecule has 160 valence electrons. The van der Waals surface area contributed by atoms with E-state index in [4.69, 9.17) is 9.47 Å². The molecule has 1 aromatic heterocycles. The van der Waals surface area contributed by atoms with Crippen LogP contribution in [0.15, 0.2) is 30.9 Å². The lowest BCUT2D eigenvalue weighted by molar-refractivity contribution is -0.133. The zero-order valence-corrected chi connectivity index (χ0v) is 17.4. The van der Waals surface area contributed by atoms with Crippen LogP contribution in [0.1, 0.15) is 31.7 Å². The fourth-order valence-corrected chi connectivity index (χ4v) is 4.23. The van der Waals surface area contributed by atoms with Crippen molar-refractivity contribution in [2.75, 3.05) is 26.7 Å². The third-order valence-electron chi connectivity index (χ3n) is 5.89. The fraction of sp³-hybridized carbons (Fsp3) is 0.524. The molecule has 1 unspecified atom stereocenters. The zero-order chi connectivity index (χ0) is 21.1. The summed E-state index contributed by atoms with van der Waals surface area (Å²) in [4.78, 5) is 32.6. The van der Waals surface area contributed by atoms with Gasteiger partial charge < -0.3 is 19.3 Å². The van der Waals surface area contributed by atoms with Gasteiger partial charge in [0.05, 0.1) is 13.7 Å². The average molecular weight is 413 g/mol. The molecule has 2 aliphatic rings.